The topological polar surface area (TPSA) is 65.0 Å². The quantitative estimate of drug-likeness (QED) is 0.634. The standard InChI is InChI=1S/C15H21FO5/c1-19-8-9-21-11-10-20-7-6-13(15(17)18)12-4-2-3-5-14(12)16/h2-5,13H,6-11H2,1H3,(H,17,18). The number of methoxy groups -OCH3 is 1. The molecule has 21 heavy (non-hydrogen) atoms. The number of carboxylic acids is 1. The molecule has 0 aliphatic rings. The number of hydrogen-bond donors (Lipinski definition) is 1. The lowest BCUT2D eigenvalue weighted by atomic mass is 9.96. The molecule has 1 aromatic rings. The van der Waals surface area contributed by atoms with Crippen molar-refractivity contribution < 1.29 is 28.5 Å². The average Bonchev–Trinajstić information content (AvgIpc) is 2.46. The van der Waals surface area contributed by atoms with E-state index in [9.17, 15) is 14.3 Å². The van der Waals surface area contributed by atoms with Crippen molar-refractivity contribution in [3.63, 3.8) is 0 Å². The van der Waals surface area contributed by atoms with Crippen LogP contribution in [-0.4, -0.2) is 51.2 Å². The zero-order chi connectivity index (χ0) is 15.5. The van der Waals surface area contributed by atoms with Crippen molar-refractivity contribution in [2.45, 2.75) is 12.3 Å². The summed E-state index contributed by atoms with van der Waals surface area (Å²) in [6.45, 7) is 2.04. The third-order valence-corrected chi connectivity index (χ3v) is 2.93. The summed E-state index contributed by atoms with van der Waals surface area (Å²) in [7, 11) is 1.59. The molecule has 0 fully saturated rings. The Morgan fingerprint density at radius 3 is 2.38 bits per heavy atom. The van der Waals surface area contributed by atoms with Crippen LogP contribution < -0.4 is 0 Å². The first kappa shape index (κ1) is 17.6. The Labute approximate surface area is 123 Å². The van der Waals surface area contributed by atoms with E-state index in [2.05, 4.69) is 0 Å². The van der Waals surface area contributed by atoms with Crippen LogP contribution in [-0.2, 0) is 19.0 Å². The van der Waals surface area contributed by atoms with E-state index in [0.717, 1.165) is 0 Å². The molecule has 0 saturated carbocycles. The van der Waals surface area contributed by atoms with Gasteiger partial charge in [-0.2, -0.15) is 0 Å². The first-order chi connectivity index (χ1) is 10.2. The van der Waals surface area contributed by atoms with Gasteiger partial charge >= 0.3 is 5.97 Å². The van der Waals surface area contributed by atoms with E-state index in [1.807, 2.05) is 0 Å². The Morgan fingerprint density at radius 1 is 1.14 bits per heavy atom. The monoisotopic (exact) mass is 300 g/mol. The van der Waals surface area contributed by atoms with Gasteiger partial charge in [0.1, 0.15) is 5.82 Å². The molecule has 0 aliphatic heterocycles. The molecule has 1 unspecified atom stereocenters. The van der Waals surface area contributed by atoms with E-state index in [0.29, 0.717) is 26.4 Å². The molecule has 1 aromatic carbocycles. The van der Waals surface area contributed by atoms with Crippen molar-refractivity contribution in [1.29, 1.82) is 0 Å². The highest BCUT2D eigenvalue weighted by atomic mass is 19.1. The van der Waals surface area contributed by atoms with Gasteiger partial charge in [-0.05, 0) is 12.5 Å². The molecule has 1 N–H and O–H groups in total. The lowest BCUT2D eigenvalue weighted by Crippen LogP contribution is -2.16. The van der Waals surface area contributed by atoms with Crippen LogP contribution in [0.3, 0.4) is 0 Å². The van der Waals surface area contributed by atoms with Gasteiger partial charge in [-0.3, -0.25) is 4.79 Å². The average molecular weight is 300 g/mol. The number of ether oxygens (including phenoxy) is 3. The van der Waals surface area contributed by atoms with Gasteiger partial charge in [-0.1, -0.05) is 18.2 Å². The fraction of sp³-hybridized carbons (Fsp3) is 0.533. The molecule has 0 spiro atoms. The number of benzene rings is 1. The SMILES string of the molecule is COCCOCCOCCC(C(=O)O)c1ccccc1F. The van der Waals surface area contributed by atoms with E-state index in [4.69, 9.17) is 14.2 Å². The zero-order valence-electron chi connectivity index (χ0n) is 12.1. The van der Waals surface area contributed by atoms with Crippen LogP contribution in [0.1, 0.15) is 17.9 Å². The molecule has 1 rings (SSSR count). The van der Waals surface area contributed by atoms with Crippen molar-refractivity contribution in [1.82, 2.24) is 0 Å². The molecule has 1 atom stereocenters. The number of hydrogen-bond acceptors (Lipinski definition) is 4. The minimum absolute atomic E-state index is 0.185. The molecule has 5 nitrogen and oxygen atoms in total. The molecule has 6 heteroatoms. The maximum absolute atomic E-state index is 13.6. The van der Waals surface area contributed by atoms with Gasteiger partial charge in [0.15, 0.2) is 0 Å². The summed E-state index contributed by atoms with van der Waals surface area (Å²) in [6.07, 6.45) is 0.217. The van der Waals surface area contributed by atoms with Crippen LogP contribution in [0.5, 0.6) is 0 Å². The molecule has 0 aromatic heterocycles. The first-order valence-corrected chi connectivity index (χ1v) is 6.78. The molecule has 0 aliphatic carbocycles. The highest BCUT2D eigenvalue weighted by Gasteiger charge is 2.22. The van der Waals surface area contributed by atoms with Crippen molar-refractivity contribution in [3.8, 4) is 0 Å². The minimum Gasteiger partial charge on any atom is -0.481 e. The highest BCUT2D eigenvalue weighted by Crippen LogP contribution is 2.22. The smallest absolute Gasteiger partial charge is 0.311 e. The van der Waals surface area contributed by atoms with E-state index < -0.39 is 17.7 Å². The van der Waals surface area contributed by atoms with Gasteiger partial charge in [0.25, 0.3) is 0 Å². The van der Waals surface area contributed by atoms with E-state index in [-0.39, 0.29) is 18.6 Å². The molecule has 0 bridgehead atoms. The second-order valence-electron chi connectivity index (χ2n) is 4.42. The van der Waals surface area contributed by atoms with Gasteiger partial charge in [0, 0.05) is 19.3 Å². The summed E-state index contributed by atoms with van der Waals surface area (Å²) in [5.74, 6) is -2.46. The minimum atomic E-state index is -1.06. The summed E-state index contributed by atoms with van der Waals surface area (Å²) in [5.41, 5.74) is 0.185. The maximum Gasteiger partial charge on any atom is 0.311 e. The molecular weight excluding hydrogens is 279 g/mol. The summed E-state index contributed by atoms with van der Waals surface area (Å²) >= 11 is 0. The summed E-state index contributed by atoms with van der Waals surface area (Å²) < 4.78 is 28.9. The number of rotatable bonds is 11. The van der Waals surface area contributed by atoms with Crippen LogP contribution in [0.15, 0.2) is 24.3 Å². The highest BCUT2D eigenvalue weighted by molar-refractivity contribution is 5.76. The number of carboxylic acid groups (broad SMARTS) is 1. The predicted octanol–water partition coefficient (Wildman–Crippen LogP) is 2.06. The van der Waals surface area contributed by atoms with Crippen molar-refractivity contribution in [3.05, 3.63) is 35.6 Å². The van der Waals surface area contributed by atoms with Crippen LogP contribution in [0.25, 0.3) is 0 Å². The van der Waals surface area contributed by atoms with Gasteiger partial charge in [0.05, 0.1) is 32.3 Å². The number of aliphatic carboxylic acids is 1. The fourth-order valence-corrected chi connectivity index (χ4v) is 1.84. The molecular formula is C15H21FO5. The maximum atomic E-state index is 13.6. The zero-order valence-corrected chi connectivity index (χ0v) is 12.1. The molecule has 0 amide bonds. The number of halogens is 1. The summed E-state index contributed by atoms with van der Waals surface area (Å²) in [6, 6.07) is 5.90. The molecule has 0 heterocycles. The van der Waals surface area contributed by atoms with Crippen molar-refractivity contribution in [2.75, 3.05) is 40.1 Å². The van der Waals surface area contributed by atoms with Gasteiger partial charge in [-0.15, -0.1) is 0 Å². The Bertz CT molecular complexity index is 424. The van der Waals surface area contributed by atoms with Crippen molar-refractivity contribution in [2.24, 2.45) is 0 Å². The second-order valence-corrected chi connectivity index (χ2v) is 4.42. The lowest BCUT2D eigenvalue weighted by molar-refractivity contribution is -0.139. The third kappa shape index (κ3) is 6.66. The lowest BCUT2D eigenvalue weighted by Gasteiger charge is -2.13. The third-order valence-electron chi connectivity index (χ3n) is 2.93. The number of carbonyl (C=O) groups is 1. The molecule has 0 radical (unpaired) electrons. The fourth-order valence-electron chi connectivity index (χ4n) is 1.84. The van der Waals surface area contributed by atoms with Crippen molar-refractivity contribution >= 4 is 5.97 Å². The van der Waals surface area contributed by atoms with Crippen LogP contribution >= 0.6 is 0 Å². The van der Waals surface area contributed by atoms with Gasteiger partial charge < -0.3 is 19.3 Å². The normalized spacial score (nSPS) is 12.3. The second kappa shape index (κ2) is 10.3. The molecule has 0 saturated heterocycles. The molecule has 118 valence electrons. The van der Waals surface area contributed by atoms with Gasteiger partial charge in [-0.25, -0.2) is 4.39 Å². The Kier molecular flexibility index (Phi) is 8.57. The Balaban J connectivity index is 2.30. The van der Waals surface area contributed by atoms with Crippen LogP contribution in [0, 0.1) is 5.82 Å². The first-order valence-electron chi connectivity index (χ1n) is 6.78. The van der Waals surface area contributed by atoms with Crippen LogP contribution in [0.4, 0.5) is 4.39 Å². The van der Waals surface area contributed by atoms with E-state index in [1.165, 1.54) is 18.2 Å². The van der Waals surface area contributed by atoms with Gasteiger partial charge in [0.2, 0.25) is 0 Å². The Morgan fingerprint density at radius 2 is 1.76 bits per heavy atom. The largest absolute Gasteiger partial charge is 0.481 e. The predicted molar refractivity (Wildman–Crippen MR) is 74.9 cm³/mol. The van der Waals surface area contributed by atoms with Crippen LogP contribution in [0.2, 0.25) is 0 Å². The van der Waals surface area contributed by atoms with E-state index in [1.54, 1.807) is 13.2 Å². The summed E-state index contributed by atoms with van der Waals surface area (Å²) in [4.78, 5) is 11.2. The summed E-state index contributed by atoms with van der Waals surface area (Å²) in [5, 5.41) is 9.19. The van der Waals surface area contributed by atoms with E-state index >= 15 is 0 Å². The Hall–Kier alpha value is -1.50.